The quantitative estimate of drug-likeness (QED) is 0.589. The molecule has 0 amide bonds. The van der Waals surface area contributed by atoms with Gasteiger partial charge in [-0.3, -0.25) is 0 Å². The van der Waals surface area contributed by atoms with Crippen molar-refractivity contribution in [2.24, 2.45) is 0 Å². The molecule has 0 spiro atoms. The van der Waals surface area contributed by atoms with Crippen LogP contribution in [0.3, 0.4) is 0 Å². The largest absolute Gasteiger partial charge is 0.218 e. The Kier molecular flexibility index (Phi) is 2.58. The molecule has 0 atom stereocenters. The number of aromatic amines is 1. The van der Waals surface area contributed by atoms with E-state index in [9.17, 15) is 0 Å². The van der Waals surface area contributed by atoms with Gasteiger partial charge in [0, 0.05) is 12.1 Å². The molecule has 0 radical (unpaired) electrons. The van der Waals surface area contributed by atoms with E-state index in [1.54, 1.807) is 0 Å². The first kappa shape index (κ1) is 6.62. The van der Waals surface area contributed by atoms with Gasteiger partial charge in [0.1, 0.15) is 0 Å². The summed E-state index contributed by atoms with van der Waals surface area (Å²) in [6.07, 6.45) is 4.91. The summed E-state index contributed by atoms with van der Waals surface area (Å²) >= 11 is 4.12. The maximum absolute atomic E-state index is 4.12. The fraction of sp³-hybridized carbons (Fsp3) is 0.286. The van der Waals surface area contributed by atoms with Crippen molar-refractivity contribution < 1.29 is 4.98 Å². The standard InChI is InChI=1S/C7H9NS/c9-6-3-7-1-4-8-5-2-7/h1-2,4-5,9H,3,6H2/p+1. The summed E-state index contributed by atoms with van der Waals surface area (Å²) in [6.45, 7) is 0. The smallest absolute Gasteiger partial charge is 0.167 e. The summed E-state index contributed by atoms with van der Waals surface area (Å²) in [5.41, 5.74) is 1.34. The van der Waals surface area contributed by atoms with E-state index in [1.807, 2.05) is 12.4 Å². The zero-order valence-corrected chi connectivity index (χ0v) is 6.07. The second kappa shape index (κ2) is 3.51. The Balaban J connectivity index is 2.61. The molecule has 0 aliphatic rings. The molecule has 0 aromatic carbocycles. The number of pyridine rings is 1. The molecule has 9 heavy (non-hydrogen) atoms. The maximum atomic E-state index is 4.12. The van der Waals surface area contributed by atoms with Gasteiger partial charge in [-0.05, 0) is 17.7 Å². The van der Waals surface area contributed by atoms with Crippen molar-refractivity contribution in [3.63, 3.8) is 0 Å². The van der Waals surface area contributed by atoms with E-state index in [0.717, 1.165) is 12.2 Å². The van der Waals surface area contributed by atoms with Gasteiger partial charge < -0.3 is 0 Å². The van der Waals surface area contributed by atoms with Crippen LogP contribution in [0.25, 0.3) is 0 Å². The van der Waals surface area contributed by atoms with E-state index >= 15 is 0 Å². The van der Waals surface area contributed by atoms with E-state index in [2.05, 4.69) is 29.7 Å². The lowest BCUT2D eigenvalue weighted by atomic mass is 10.2. The van der Waals surface area contributed by atoms with E-state index in [1.165, 1.54) is 5.56 Å². The van der Waals surface area contributed by atoms with Gasteiger partial charge in [0.15, 0.2) is 12.4 Å². The van der Waals surface area contributed by atoms with Gasteiger partial charge in [-0.25, -0.2) is 4.98 Å². The van der Waals surface area contributed by atoms with E-state index in [-0.39, 0.29) is 0 Å². The van der Waals surface area contributed by atoms with E-state index in [0.29, 0.717) is 0 Å². The van der Waals surface area contributed by atoms with Crippen LogP contribution < -0.4 is 4.98 Å². The first-order valence-electron chi connectivity index (χ1n) is 2.99. The molecule has 0 aliphatic carbocycles. The third-order valence-corrected chi connectivity index (χ3v) is 1.41. The fourth-order valence-electron chi connectivity index (χ4n) is 0.717. The number of aromatic nitrogens is 1. The number of H-pyrrole nitrogens is 1. The fourth-order valence-corrected chi connectivity index (χ4v) is 0.975. The molecule has 1 rings (SSSR count). The Bertz CT molecular complexity index is 162. The minimum absolute atomic E-state index is 0.921. The van der Waals surface area contributed by atoms with Gasteiger partial charge >= 0.3 is 0 Å². The topological polar surface area (TPSA) is 14.1 Å². The molecule has 0 aliphatic heterocycles. The monoisotopic (exact) mass is 140 g/mol. The number of nitrogens with one attached hydrogen (secondary N) is 1. The molecule has 2 heteroatoms. The molecule has 1 aromatic rings. The lowest BCUT2D eigenvalue weighted by molar-refractivity contribution is -0.378. The van der Waals surface area contributed by atoms with Gasteiger partial charge in [-0.2, -0.15) is 12.6 Å². The lowest BCUT2D eigenvalue weighted by Gasteiger charge is -1.90. The lowest BCUT2D eigenvalue weighted by Crippen LogP contribution is -1.98. The first-order valence-corrected chi connectivity index (χ1v) is 3.62. The Morgan fingerprint density at radius 3 is 2.56 bits per heavy atom. The summed E-state index contributed by atoms with van der Waals surface area (Å²) in [5.74, 6) is 0.921. The van der Waals surface area contributed by atoms with Crippen molar-refractivity contribution in [2.45, 2.75) is 6.42 Å². The molecule has 1 N–H and O–H groups in total. The zero-order valence-electron chi connectivity index (χ0n) is 5.17. The highest BCUT2D eigenvalue weighted by Crippen LogP contribution is 1.95. The highest BCUT2D eigenvalue weighted by molar-refractivity contribution is 7.80. The predicted octanol–water partition coefficient (Wildman–Crippen LogP) is 0.973. The van der Waals surface area contributed by atoms with Crippen molar-refractivity contribution >= 4 is 12.6 Å². The molecule has 1 heterocycles. The van der Waals surface area contributed by atoms with Crippen LogP contribution in [-0.4, -0.2) is 5.75 Å². The second-order valence-electron chi connectivity index (χ2n) is 1.88. The summed E-state index contributed by atoms with van der Waals surface area (Å²) in [4.78, 5) is 2.97. The van der Waals surface area contributed by atoms with Gasteiger partial charge in [0.2, 0.25) is 0 Å². The number of thiol groups is 1. The minimum atomic E-state index is 0.921. The highest BCUT2D eigenvalue weighted by Gasteiger charge is 1.88. The van der Waals surface area contributed by atoms with Crippen molar-refractivity contribution in [3.05, 3.63) is 30.1 Å². The SMILES string of the molecule is SCCc1cc[nH+]cc1. The van der Waals surface area contributed by atoms with Crippen molar-refractivity contribution in [1.82, 2.24) is 0 Å². The highest BCUT2D eigenvalue weighted by atomic mass is 32.1. The molecular formula is C7H10NS+. The van der Waals surface area contributed by atoms with Crippen LogP contribution in [0.4, 0.5) is 0 Å². The van der Waals surface area contributed by atoms with Crippen LogP contribution in [0.15, 0.2) is 24.5 Å². The third-order valence-electron chi connectivity index (χ3n) is 1.19. The van der Waals surface area contributed by atoms with Gasteiger partial charge in [-0.15, -0.1) is 0 Å². The molecule has 0 saturated carbocycles. The molecule has 0 bridgehead atoms. The molecule has 1 aromatic heterocycles. The Morgan fingerprint density at radius 1 is 1.33 bits per heavy atom. The van der Waals surface area contributed by atoms with Gasteiger partial charge in [0.05, 0.1) is 0 Å². The van der Waals surface area contributed by atoms with Crippen LogP contribution in [-0.2, 0) is 6.42 Å². The van der Waals surface area contributed by atoms with Crippen molar-refractivity contribution in [2.75, 3.05) is 5.75 Å². The molecular weight excluding hydrogens is 130 g/mol. The summed E-state index contributed by atoms with van der Waals surface area (Å²) < 4.78 is 0. The van der Waals surface area contributed by atoms with Crippen LogP contribution in [0.2, 0.25) is 0 Å². The van der Waals surface area contributed by atoms with Crippen LogP contribution in [0.5, 0.6) is 0 Å². The Labute approximate surface area is 60.5 Å². The molecule has 0 saturated heterocycles. The summed E-state index contributed by atoms with van der Waals surface area (Å²) in [6, 6.07) is 4.13. The second-order valence-corrected chi connectivity index (χ2v) is 2.33. The van der Waals surface area contributed by atoms with Crippen LogP contribution in [0, 0.1) is 0 Å². The molecule has 0 fully saturated rings. The Morgan fingerprint density at radius 2 is 2.00 bits per heavy atom. The normalized spacial score (nSPS) is 9.44. The number of hydrogen-bond donors (Lipinski definition) is 1. The van der Waals surface area contributed by atoms with E-state index < -0.39 is 0 Å². The number of hydrogen-bond acceptors (Lipinski definition) is 1. The van der Waals surface area contributed by atoms with Crippen molar-refractivity contribution in [3.8, 4) is 0 Å². The zero-order chi connectivity index (χ0) is 6.53. The van der Waals surface area contributed by atoms with Crippen LogP contribution in [0.1, 0.15) is 5.56 Å². The summed E-state index contributed by atoms with van der Waals surface area (Å²) in [5, 5.41) is 0. The molecule has 48 valence electrons. The third kappa shape index (κ3) is 2.06. The maximum Gasteiger partial charge on any atom is 0.167 e. The average Bonchev–Trinajstić information content (AvgIpc) is 1.91. The first-order chi connectivity index (χ1) is 4.43. The minimum Gasteiger partial charge on any atom is -0.218 e. The Hall–Kier alpha value is -0.500. The average molecular weight is 140 g/mol. The van der Waals surface area contributed by atoms with Gasteiger partial charge in [-0.1, -0.05) is 0 Å². The van der Waals surface area contributed by atoms with E-state index in [4.69, 9.17) is 0 Å². The summed E-state index contributed by atoms with van der Waals surface area (Å²) in [7, 11) is 0. The number of aryl methyl sites for hydroxylation is 1. The van der Waals surface area contributed by atoms with Gasteiger partial charge in [0.25, 0.3) is 0 Å². The van der Waals surface area contributed by atoms with Crippen molar-refractivity contribution in [1.29, 1.82) is 0 Å². The molecule has 1 nitrogen and oxygen atoms in total. The van der Waals surface area contributed by atoms with Crippen LogP contribution >= 0.6 is 12.6 Å². The molecule has 0 unspecified atom stereocenters. The number of rotatable bonds is 2. The predicted molar refractivity (Wildman–Crippen MR) is 40.6 cm³/mol.